The number of aldehydes is 1. The molecule has 98 valence electrons. The molecule has 0 aliphatic heterocycles. The zero-order valence-electron chi connectivity index (χ0n) is 10.1. The van der Waals surface area contributed by atoms with Crippen LogP contribution in [0.2, 0.25) is 0 Å². The van der Waals surface area contributed by atoms with Gasteiger partial charge in [0, 0.05) is 30.6 Å². The maximum Gasteiger partial charge on any atom is 0.222 e. The van der Waals surface area contributed by atoms with Crippen LogP contribution in [0.3, 0.4) is 0 Å². The highest BCUT2D eigenvalue weighted by molar-refractivity contribution is 5.73. The second-order valence-electron chi connectivity index (χ2n) is 3.63. The van der Waals surface area contributed by atoms with Gasteiger partial charge in [-0.1, -0.05) is 0 Å². The van der Waals surface area contributed by atoms with Crippen LogP contribution in [0.25, 0.3) is 0 Å². The lowest BCUT2D eigenvalue weighted by Crippen LogP contribution is -2.06. The molecular weight excluding hydrogens is 251 g/mol. The van der Waals surface area contributed by atoms with Gasteiger partial charge in [-0.25, -0.2) is 19.3 Å². The summed E-state index contributed by atoms with van der Waals surface area (Å²) in [6.07, 6.45) is 4.50. The fourth-order valence-electron chi connectivity index (χ4n) is 1.37. The van der Waals surface area contributed by atoms with Crippen molar-refractivity contribution in [2.45, 2.75) is 6.54 Å². The third-order valence-electron chi connectivity index (χ3n) is 2.36. The van der Waals surface area contributed by atoms with Crippen LogP contribution in [-0.2, 0) is 6.54 Å². The topological polar surface area (TPSA) is 77.0 Å². The third-order valence-corrected chi connectivity index (χ3v) is 2.36. The van der Waals surface area contributed by atoms with Gasteiger partial charge in [-0.2, -0.15) is 0 Å². The molecule has 0 fully saturated rings. The molecule has 2 aromatic heterocycles. The van der Waals surface area contributed by atoms with Crippen molar-refractivity contribution in [2.24, 2.45) is 0 Å². The summed E-state index contributed by atoms with van der Waals surface area (Å²) in [5.41, 5.74) is 0.761. The number of carbonyl (C=O) groups excluding carboxylic acids is 1. The molecule has 0 unspecified atom stereocenters. The maximum absolute atomic E-state index is 13.5. The quantitative estimate of drug-likeness (QED) is 0.822. The number of aromatic nitrogens is 3. The van der Waals surface area contributed by atoms with Crippen molar-refractivity contribution in [3.05, 3.63) is 41.6 Å². The van der Waals surface area contributed by atoms with Crippen molar-refractivity contribution in [2.75, 3.05) is 12.4 Å². The van der Waals surface area contributed by atoms with Crippen molar-refractivity contribution in [3.63, 3.8) is 0 Å². The molecule has 0 atom stereocenters. The Balaban J connectivity index is 2.06. The number of anilines is 1. The number of ether oxygens (including phenoxy) is 1. The highest BCUT2D eigenvalue weighted by atomic mass is 19.1. The SMILES string of the molecule is COc1cc(CNc2ncc(C=O)cn2)c(F)cn1. The van der Waals surface area contributed by atoms with E-state index in [1.807, 2.05) is 0 Å². The van der Waals surface area contributed by atoms with Crippen molar-refractivity contribution in [3.8, 4) is 5.88 Å². The second-order valence-corrected chi connectivity index (χ2v) is 3.63. The number of halogens is 1. The zero-order valence-corrected chi connectivity index (χ0v) is 10.1. The fraction of sp³-hybridized carbons (Fsp3) is 0.167. The molecule has 19 heavy (non-hydrogen) atoms. The smallest absolute Gasteiger partial charge is 0.222 e. The number of hydrogen-bond acceptors (Lipinski definition) is 6. The average molecular weight is 262 g/mol. The minimum atomic E-state index is -0.446. The summed E-state index contributed by atoms with van der Waals surface area (Å²) in [6.45, 7) is 0.186. The summed E-state index contributed by atoms with van der Waals surface area (Å²) >= 11 is 0. The minimum Gasteiger partial charge on any atom is -0.481 e. The molecule has 0 aromatic carbocycles. The predicted octanol–water partition coefficient (Wildman–Crippen LogP) is 1.44. The molecule has 2 heterocycles. The van der Waals surface area contributed by atoms with Gasteiger partial charge in [-0.15, -0.1) is 0 Å². The molecule has 0 saturated carbocycles. The first-order chi connectivity index (χ1) is 9.22. The molecule has 0 spiro atoms. The largest absolute Gasteiger partial charge is 0.481 e. The number of pyridine rings is 1. The molecular formula is C12H11FN4O2. The van der Waals surface area contributed by atoms with Crippen LogP contribution in [-0.4, -0.2) is 28.3 Å². The average Bonchev–Trinajstić information content (AvgIpc) is 2.47. The van der Waals surface area contributed by atoms with E-state index in [-0.39, 0.29) is 6.54 Å². The van der Waals surface area contributed by atoms with E-state index >= 15 is 0 Å². The second kappa shape index (κ2) is 5.85. The number of rotatable bonds is 5. The summed E-state index contributed by atoms with van der Waals surface area (Å²) in [7, 11) is 1.46. The van der Waals surface area contributed by atoms with Crippen LogP contribution >= 0.6 is 0 Å². The number of carbonyl (C=O) groups is 1. The number of methoxy groups -OCH3 is 1. The lowest BCUT2D eigenvalue weighted by atomic mass is 10.2. The number of hydrogen-bond donors (Lipinski definition) is 1. The maximum atomic E-state index is 13.5. The first-order valence-electron chi connectivity index (χ1n) is 5.42. The van der Waals surface area contributed by atoms with Crippen molar-refractivity contribution >= 4 is 12.2 Å². The Kier molecular flexibility index (Phi) is 3.97. The van der Waals surface area contributed by atoms with Gasteiger partial charge in [0.2, 0.25) is 11.8 Å². The molecule has 0 radical (unpaired) electrons. The monoisotopic (exact) mass is 262 g/mol. The Hall–Kier alpha value is -2.57. The third kappa shape index (κ3) is 3.21. The Morgan fingerprint density at radius 1 is 1.32 bits per heavy atom. The molecule has 0 aliphatic carbocycles. The van der Waals surface area contributed by atoms with E-state index in [1.54, 1.807) is 0 Å². The minimum absolute atomic E-state index is 0.186. The van der Waals surface area contributed by atoms with Crippen LogP contribution in [0, 0.1) is 5.82 Å². The Morgan fingerprint density at radius 3 is 2.68 bits per heavy atom. The van der Waals surface area contributed by atoms with Gasteiger partial charge in [0.1, 0.15) is 5.82 Å². The Bertz CT molecular complexity index is 574. The first-order valence-corrected chi connectivity index (χ1v) is 5.42. The van der Waals surface area contributed by atoms with Crippen LogP contribution in [0.15, 0.2) is 24.7 Å². The van der Waals surface area contributed by atoms with Crippen LogP contribution in [0.5, 0.6) is 5.88 Å². The lowest BCUT2D eigenvalue weighted by molar-refractivity contribution is 0.112. The van der Waals surface area contributed by atoms with E-state index in [2.05, 4.69) is 20.3 Å². The number of nitrogens with one attached hydrogen (secondary N) is 1. The van der Waals surface area contributed by atoms with Crippen molar-refractivity contribution < 1.29 is 13.9 Å². The molecule has 7 heteroatoms. The van der Waals surface area contributed by atoms with Gasteiger partial charge < -0.3 is 10.1 Å². The van der Waals surface area contributed by atoms with Crippen molar-refractivity contribution in [1.29, 1.82) is 0 Å². The molecule has 0 saturated heterocycles. The van der Waals surface area contributed by atoms with Gasteiger partial charge in [-0.3, -0.25) is 4.79 Å². The van der Waals surface area contributed by atoms with Crippen LogP contribution in [0.4, 0.5) is 10.3 Å². The molecule has 6 nitrogen and oxygen atoms in total. The van der Waals surface area contributed by atoms with E-state index in [1.165, 1.54) is 25.6 Å². The molecule has 0 aliphatic rings. The van der Waals surface area contributed by atoms with Gasteiger partial charge in [0.05, 0.1) is 18.9 Å². The van der Waals surface area contributed by atoms with Crippen molar-refractivity contribution in [1.82, 2.24) is 15.0 Å². The molecule has 1 N–H and O–H groups in total. The van der Waals surface area contributed by atoms with E-state index in [0.29, 0.717) is 29.2 Å². The van der Waals surface area contributed by atoms with E-state index in [4.69, 9.17) is 4.74 Å². The predicted molar refractivity (Wildman–Crippen MR) is 65.5 cm³/mol. The summed E-state index contributed by atoms with van der Waals surface area (Å²) in [6, 6.07) is 1.49. The molecule has 2 rings (SSSR count). The van der Waals surface area contributed by atoms with Gasteiger partial charge in [0.15, 0.2) is 6.29 Å². The number of nitrogens with zero attached hydrogens (tertiary/aromatic N) is 3. The lowest BCUT2D eigenvalue weighted by Gasteiger charge is -2.07. The summed E-state index contributed by atoms with van der Waals surface area (Å²) in [5, 5.41) is 2.84. The summed E-state index contributed by atoms with van der Waals surface area (Å²) in [4.78, 5) is 22.0. The van der Waals surface area contributed by atoms with Gasteiger partial charge >= 0.3 is 0 Å². The van der Waals surface area contributed by atoms with Crippen LogP contribution < -0.4 is 10.1 Å². The van der Waals surface area contributed by atoms with E-state index in [0.717, 1.165) is 6.20 Å². The highest BCUT2D eigenvalue weighted by Gasteiger charge is 2.06. The standard InChI is InChI=1S/C12H11FN4O2/c1-19-11-2-9(10(13)6-14-11)5-17-12-15-3-8(7-18)4-16-12/h2-4,6-7H,5H2,1H3,(H,15,16,17). The fourth-order valence-corrected chi connectivity index (χ4v) is 1.37. The Labute approximate surface area is 108 Å². The summed E-state index contributed by atoms with van der Waals surface area (Å²) in [5.74, 6) is 0.189. The van der Waals surface area contributed by atoms with E-state index in [9.17, 15) is 9.18 Å². The highest BCUT2D eigenvalue weighted by Crippen LogP contribution is 2.14. The zero-order chi connectivity index (χ0) is 13.7. The Morgan fingerprint density at radius 2 is 2.05 bits per heavy atom. The van der Waals surface area contributed by atoms with Gasteiger partial charge in [-0.05, 0) is 0 Å². The first kappa shape index (κ1) is 12.9. The molecule has 0 amide bonds. The van der Waals surface area contributed by atoms with Crippen LogP contribution in [0.1, 0.15) is 15.9 Å². The van der Waals surface area contributed by atoms with Gasteiger partial charge in [0.25, 0.3) is 0 Å². The molecule has 0 bridgehead atoms. The normalized spacial score (nSPS) is 10.0. The molecule has 2 aromatic rings. The summed E-state index contributed by atoms with van der Waals surface area (Å²) < 4.78 is 18.4. The van der Waals surface area contributed by atoms with E-state index < -0.39 is 5.82 Å².